The Labute approximate surface area is 166 Å². The molecule has 0 aliphatic carbocycles. The van der Waals surface area contributed by atoms with Gasteiger partial charge in [-0.25, -0.2) is 9.50 Å². The van der Waals surface area contributed by atoms with Gasteiger partial charge in [0.1, 0.15) is 0 Å². The topological polar surface area (TPSA) is 50.5 Å². The summed E-state index contributed by atoms with van der Waals surface area (Å²) in [7, 11) is 0. The number of aromatic nitrogens is 3. The highest BCUT2D eigenvalue weighted by molar-refractivity contribution is 5.93. The first-order chi connectivity index (χ1) is 13.7. The molecule has 0 unspecified atom stereocenters. The van der Waals surface area contributed by atoms with Crippen LogP contribution in [0.5, 0.6) is 0 Å². The van der Waals surface area contributed by atoms with Crippen LogP contribution in [0.15, 0.2) is 42.5 Å². The minimum absolute atomic E-state index is 0.0000543. The fraction of sp³-hybridized carbons (Fsp3) is 0.381. The molecule has 0 N–H and O–H groups in total. The first kappa shape index (κ1) is 19.4. The van der Waals surface area contributed by atoms with Gasteiger partial charge in [-0.1, -0.05) is 37.3 Å². The first-order valence-corrected chi connectivity index (χ1v) is 9.58. The van der Waals surface area contributed by atoms with E-state index in [2.05, 4.69) is 17.0 Å². The van der Waals surface area contributed by atoms with E-state index < -0.39 is 11.9 Å². The molecule has 5 nitrogen and oxygen atoms in total. The van der Waals surface area contributed by atoms with Gasteiger partial charge >= 0.3 is 6.18 Å². The zero-order valence-corrected chi connectivity index (χ0v) is 16.1. The Hall–Kier alpha value is -2.90. The van der Waals surface area contributed by atoms with E-state index in [1.807, 2.05) is 6.92 Å². The lowest BCUT2D eigenvalue weighted by Crippen LogP contribution is -2.44. The maximum absolute atomic E-state index is 13.7. The number of alkyl halides is 3. The number of nitrogens with zero attached hydrogens (tertiary/aromatic N) is 4. The predicted molar refractivity (Wildman–Crippen MR) is 102 cm³/mol. The molecule has 0 bridgehead atoms. The molecule has 1 fully saturated rings. The molecule has 1 aromatic carbocycles. The van der Waals surface area contributed by atoms with E-state index in [-0.39, 0.29) is 29.0 Å². The molecule has 2 aromatic heterocycles. The molecule has 29 heavy (non-hydrogen) atoms. The highest BCUT2D eigenvalue weighted by atomic mass is 19.4. The van der Waals surface area contributed by atoms with E-state index in [0.29, 0.717) is 18.0 Å². The number of rotatable bonds is 2. The maximum atomic E-state index is 13.7. The van der Waals surface area contributed by atoms with E-state index in [0.717, 1.165) is 23.4 Å². The lowest BCUT2D eigenvalue weighted by atomic mass is 9.93. The summed E-state index contributed by atoms with van der Waals surface area (Å²) >= 11 is 0. The normalized spacial score (nSPS) is 20.2. The minimum Gasteiger partial charge on any atom is -0.335 e. The maximum Gasteiger partial charge on any atom is 0.433 e. The summed E-state index contributed by atoms with van der Waals surface area (Å²) in [5, 5.41) is 3.99. The summed E-state index contributed by atoms with van der Waals surface area (Å²) in [6.07, 6.45) is -2.90. The summed E-state index contributed by atoms with van der Waals surface area (Å²) in [6.45, 7) is 4.66. The zero-order chi connectivity index (χ0) is 20.8. The number of fused-ring (bicyclic) bond motifs is 1. The van der Waals surface area contributed by atoms with Crippen LogP contribution in [-0.2, 0) is 6.18 Å². The van der Waals surface area contributed by atoms with Crippen LogP contribution in [0.1, 0.15) is 42.9 Å². The molecule has 1 saturated heterocycles. The Balaban J connectivity index is 1.79. The van der Waals surface area contributed by atoms with Crippen LogP contribution < -0.4 is 0 Å². The van der Waals surface area contributed by atoms with Crippen molar-refractivity contribution in [3.63, 3.8) is 0 Å². The van der Waals surface area contributed by atoms with Crippen LogP contribution >= 0.6 is 0 Å². The van der Waals surface area contributed by atoms with Crippen molar-refractivity contribution in [2.24, 2.45) is 5.92 Å². The van der Waals surface area contributed by atoms with Gasteiger partial charge < -0.3 is 4.90 Å². The van der Waals surface area contributed by atoms with Gasteiger partial charge in [0.2, 0.25) is 0 Å². The van der Waals surface area contributed by atoms with Crippen molar-refractivity contribution in [3.8, 4) is 11.3 Å². The molecule has 4 rings (SSSR count). The van der Waals surface area contributed by atoms with Crippen molar-refractivity contribution in [1.82, 2.24) is 19.5 Å². The summed E-state index contributed by atoms with van der Waals surface area (Å²) < 4.78 is 41.8. The number of likely N-dealkylation sites (tertiary alicyclic amines) is 1. The molecule has 0 radical (unpaired) electrons. The summed E-state index contributed by atoms with van der Waals surface area (Å²) in [4.78, 5) is 19.0. The third-order valence-electron chi connectivity index (χ3n) is 5.41. The second kappa shape index (κ2) is 7.17. The summed E-state index contributed by atoms with van der Waals surface area (Å²) in [5.41, 5.74) is -0.229. The number of hydrogen-bond acceptors (Lipinski definition) is 3. The highest BCUT2D eigenvalue weighted by Crippen LogP contribution is 2.32. The fourth-order valence-electron chi connectivity index (χ4n) is 3.89. The lowest BCUT2D eigenvalue weighted by Gasteiger charge is -2.36. The van der Waals surface area contributed by atoms with E-state index in [9.17, 15) is 18.0 Å². The number of benzene rings is 1. The van der Waals surface area contributed by atoms with Gasteiger partial charge in [-0.05, 0) is 31.7 Å². The number of carbonyl (C=O) groups is 1. The SMILES string of the molecule is C[C@H]1CCN(C(=O)c2cc3nc(-c4ccccc4)cc(C(F)(F)F)n3n2)[C@H](C)C1. The van der Waals surface area contributed by atoms with Crippen LogP contribution in [0, 0.1) is 5.92 Å². The summed E-state index contributed by atoms with van der Waals surface area (Å²) in [6, 6.07) is 11.0. The van der Waals surface area contributed by atoms with Crippen molar-refractivity contribution >= 4 is 11.6 Å². The molecule has 152 valence electrons. The second-order valence-corrected chi connectivity index (χ2v) is 7.67. The van der Waals surface area contributed by atoms with Crippen LogP contribution in [0.2, 0.25) is 0 Å². The molecule has 2 atom stereocenters. The van der Waals surface area contributed by atoms with Gasteiger partial charge in [0, 0.05) is 24.2 Å². The van der Waals surface area contributed by atoms with Crippen LogP contribution in [-0.4, -0.2) is 38.0 Å². The van der Waals surface area contributed by atoms with Gasteiger partial charge in [0.05, 0.1) is 5.69 Å². The largest absolute Gasteiger partial charge is 0.433 e. The van der Waals surface area contributed by atoms with E-state index >= 15 is 0 Å². The Morgan fingerprint density at radius 2 is 1.86 bits per heavy atom. The molecule has 1 aliphatic rings. The van der Waals surface area contributed by atoms with Crippen LogP contribution in [0.25, 0.3) is 16.9 Å². The monoisotopic (exact) mass is 402 g/mol. The zero-order valence-electron chi connectivity index (χ0n) is 16.1. The predicted octanol–water partition coefficient (Wildman–Crippen LogP) is 4.68. The Morgan fingerprint density at radius 1 is 1.14 bits per heavy atom. The molecule has 8 heteroatoms. The standard InChI is InChI=1S/C21H21F3N4O/c1-13-8-9-27(14(2)10-13)20(29)17-12-19-25-16(15-6-4-3-5-7-15)11-18(21(22,23)24)28(19)26-17/h3-7,11-14H,8-10H2,1-2H3/t13-,14+/m0/s1. The minimum atomic E-state index is -4.63. The Kier molecular flexibility index (Phi) is 4.80. The number of hydrogen-bond donors (Lipinski definition) is 0. The second-order valence-electron chi connectivity index (χ2n) is 7.67. The molecule has 1 aliphatic heterocycles. The lowest BCUT2D eigenvalue weighted by molar-refractivity contribution is -0.142. The van der Waals surface area contributed by atoms with Crippen molar-refractivity contribution in [2.45, 2.75) is 38.9 Å². The highest BCUT2D eigenvalue weighted by Gasteiger charge is 2.36. The van der Waals surface area contributed by atoms with Crippen molar-refractivity contribution in [1.29, 1.82) is 0 Å². The number of halogens is 3. The van der Waals surface area contributed by atoms with E-state index in [4.69, 9.17) is 0 Å². The van der Waals surface area contributed by atoms with Gasteiger partial charge in [0.15, 0.2) is 17.0 Å². The van der Waals surface area contributed by atoms with Gasteiger partial charge in [-0.2, -0.15) is 18.3 Å². The van der Waals surface area contributed by atoms with Crippen LogP contribution in [0.4, 0.5) is 13.2 Å². The molecule has 3 heterocycles. The third-order valence-corrected chi connectivity index (χ3v) is 5.41. The van der Waals surface area contributed by atoms with E-state index in [1.165, 1.54) is 6.07 Å². The van der Waals surface area contributed by atoms with Crippen molar-refractivity contribution < 1.29 is 18.0 Å². The molecule has 0 spiro atoms. The fourth-order valence-corrected chi connectivity index (χ4v) is 3.89. The average molecular weight is 402 g/mol. The Bertz CT molecular complexity index is 1050. The molecule has 3 aromatic rings. The quantitative estimate of drug-likeness (QED) is 0.626. The average Bonchev–Trinajstić information content (AvgIpc) is 3.10. The molecular weight excluding hydrogens is 381 g/mol. The smallest absolute Gasteiger partial charge is 0.335 e. The summed E-state index contributed by atoms with van der Waals surface area (Å²) in [5.74, 6) is 0.159. The first-order valence-electron chi connectivity index (χ1n) is 9.58. The molecule has 0 saturated carbocycles. The van der Waals surface area contributed by atoms with Gasteiger partial charge in [0.25, 0.3) is 5.91 Å². The van der Waals surface area contributed by atoms with Crippen LogP contribution in [0.3, 0.4) is 0 Å². The molecular formula is C21H21F3N4O. The molecule has 1 amide bonds. The number of piperidine rings is 1. The van der Waals surface area contributed by atoms with Crippen molar-refractivity contribution in [3.05, 3.63) is 53.9 Å². The number of carbonyl (C=O) groups excluding carboxylic acids is 1. The van der Waals surface area contributed by atoms with Gasteiger partial charge in [-0.15, -0.1) is 0 Å². The van der Waals surface area contributed by atoms with E-state index in [1.54, 1.807) is 35.2 Å². The number of amides is 1. The third kappa shape index (κ3) is 3.71. The van der Waals surface area contributed by atoms with Gasteiger partial charge in [-0.3, -0.25) is 4.79 Å². The Morgan fingerprint density at radius 3 is 2.52 bits per heavy atom. The van der Waals surface area contributed by atoms with Crippen molar-refractivity contribution in [2.75, 3.05) is 6.54 Å².